The molecule has 2 rings (SSSR count). The number of halogens is 1. The van der Waals surface area contributed by atoms with Gasteiger partial charge < -0.3 is 10.6 Å². The fourth-order valence-electron chi connectivity index (χ4n) is 1.97. The topological polar surface area (TPSA) is 55.0 Å². The Morgan fingerprint density at radius 2 is 2.40 bits per heavy atom. The number of nitrogens with zero attached hydrogens (tertiary/aromatic N) is 3. The van der Waals surface area contributed by atoms with E-state index in [1.54, 1.807) is 0 Å². The highest BCUT2D eigenvalue weighted by atomic mass is 19.1. The molecule has 0 saturated carbocycles. The molecule has 1 aromatic rings. The maximum atomic E-state index is 13.5. The van der Waals surface area contributed by atoms with E-state index in [0.29, 0.717) is 11.7 Å². The lowest BCUT2D eigenvalue weighted by molar-refractivity contribution is 0.439. The summed E-state index contributed by atoms with van der Waals surface area (Å²) in [6.45, 7) is 3.85. The van der Waals surface area contributed by atoms with Gasteiger partial charge in [0.1, 0.15) is 0 Å². The van der Waals surface area contributed by atoms with Crippen LogP contribution in [-0.2, 0) is 0 Å². The molecule has 1 unspecified atom stereocenters. The molecule has 1 fully saturated rings. The van der Waals surface area contributed by atoms with Gasteiger partial charge in [-0.15, -0.1) is 0 Å². The quantitative estimate of drug-likeness (QED) is 0.762. The van der Waals surface area contributed by atoms with Crippen molar-refractivity contribution in [2.75, 3.05) is 23.7 Å². The molecule has 0 aromatic carbocycles. The zero-order valence-electron chi connectivity index (χ0n) is 8.78. The molecule has 2 heterocycles. The summed E-state index contributed by atoms with van der Waals surface area (Å²) in [5, 5.41) is 0. The Hall–Kier alpha value is -1.39. The Morgan fingerprint density at radius 3 is 3.13 bits per heavy atom. The smallest absolute Gasteiger partial charge is 0.222 e. The molecule has 0 aliphatic carbocycles. The lowest BCUT2D eigenvalue weighted by atomic mass is 10.0. The molecule has 5 heteroatoms. The Morgan fingerprint density at radius 1 is 1.60 bits per heavy atom. The van der Waals surface area contributed by atoms with E-state index in [1.165, 1.54) is 6.42 Å². The lowest BCUT2D eigenvalue weighted by Gasteiger charge is -2.31. The van der Waals surface area contributed by atoms with Gasteiger partial charge in [0.25, 0.3) is 0 Å². The highest BCUT2D eigenvalue weighted by Crippen LogP contribution is 2.23. The summed E-state index contributed by atoms with van der Waals surface area (Å²) >= 11 is 0. The number of piperidine rings is 1. The zero-order chi connectivity index (χ0) is 10.8. The number of hydrogen-bond acceptors (Lipinski definition) is 4. The number of hydrogen-bond donors (Lipinski definition) is 1. The van der Waals surface area contributed by atoms with E-state index in [0.717, 1.165) is 25.7 Å². The van der Waals surface area contributed by atoms with Crippen LogP contribution in [-0.4, -0.2) is 23.1 Å². The third kappa shape index (κ3) is 2.16. The largest absolute Gasteiger partial charge is 0.368 e. The average molecular weight is 210 g/mol. The maximum absolute atomic E-state index is 13.5. The Kier molecular flexibility index (Phi) is 2.70. The van der Waals surface area contributed by atoms with Gasteiger partial charge in [0.15, 0.2) is 11.6 Å². The fourth-order valence-corrected chi connectivity index (χ4v) is 1.97. The van der Waals surface area contributed by atoms with E-state index in [4.69, 9.17) is 5.73 Å². The second-order valence-electron chi connectivity index (χ2n) is 4.09. The molecule has 0 amide bonds. The van der Waals surface area contributed by atoms with Crippen molar-refractivity contribution in [3.63, 3.8) is 0 Å². The predicted molar refractivity (Wildman–Crippen MR) is 57.0 cm³/mol. The molecule has 1 atom stereocenters. The van der Waals surface area contributed by atoms with Crippen molar-refractivity contribution in [3.05, 3.63) is 12.0 Å². The first-order valence-electron chi connectivity index (χ1n) is 5.20. The zero-order valence-corrected chi connectivity index (χ0v) is 8.78. The molecule has 82 valence electrons. The van der Waals surface area contributed by atoms with Crippen molar-refractivity contribution >= 4 is 11.8 Å². The number of nitrogens with two attached hydrogens (primary N) is 1. The summed E-state index contributed by atoms with van der Waals surface area (Å²) in [5.41, 5.74) is 5.45. The minimum Gasteiger partial charge on any atom is -0.368 e. The average Bonchev–Trinajstić information content (AvgIpc) is 2.22. The minimum absolute atomic E-state index is 0.129. The van der Waals surface area contributed by atoms with Crippen molar-refractivity contribution in [3.8, 4) is 0 Å². The van der Waals surface area contributed by atoms with E-state index < -0.39 is 5.82 Å². The Bertz CT molecular complexity index is 355. The van der Waals surface area contributed by atoms with Crippen LogP contribution in [0.25, 0.3) is 0 Å². The maximum Gasteiger partial charge on any atom is 0.222 e. The Balaban J connectivity index is 2.24. The van der Waals surface area contributed by atoms with Crippen LogP contribution in [0.15, 0.2) is 6.20 Å². The molecule has 4 nitrogen and oxygen atoms in total. The molecule has 0 spiro atoms. The first-order valence-corrected chi connectivity index (χ1v) is 5.20. The van der Waals surface area contributed by atoms with E-state index in [2.05, 4.69) is 16.9 Å². The van der Waals surface area contributed by atoms with Gasteiger partial charge in [-0.25, -0.2) is 9.37 Å². The number of anilines is 2. The van der Waals surface area contributed by atoms with E-state index in [1.807, 2.05) is 4.90 Å². The van der Waals surface area contributed by atoms with Crippen molar-refractivity contribution in [2.24, 2.45) is 5.92 Å². The molecule has 2 N–H and O–H groups in total. The monoisotopic (exact) mass is 210 g/mol. The van der Waals surface area contributed by atoms with Crippen molar-refractivity contribution in [1.82, 2.24) is 9.97 Å². The van der Waals surface area contributed by atoms with Crippen LogP contribution in [0.2, 0.25) is 0 Å². The normalized spacial score (nSPS) is 21.7. The number of rotatable bonds is 1. The van der Waals surface area contributed by atoms with Crippen LogP contribution in [0.4, 0.5) is 16.2 Å². The van der Waals surface area contributed by atoms with Gasteiger partial charge in [-0.3, -0.25) is 0 Å². The third-order valence-electron chi connectivity index (χ3n) is 2.70. The van der Waals surface area contributed by atoms with Gasteiger partial charge in [0, 0.05) is 13.1 Å². The van der Waals surface area contributed by atoms with Crippen molar-refractivity contribution in [2.45, 2.75) is 19.8 Å². The standard InChI is InChI=1S/C10H15FN4/c1-7-3-2-4-15(6-7)9-8(11)5-13-10(12)14-9/h5,7H,2-4,6H2,1H3,(H2,12,13,14). The summed E-state index contributed by atoms with van der Waals surface area (Å²) in [5.74, 6) is 0.659. The first kappa shape index (κ1) is 10.1. The van der Waals surface area contributed by atoms with Crippen LogP contribution >= 0.6 is 0 Å². The highest BCUT2D eigenvalue weighted by molar-refractivity contribution is 5.42. The van der Waals surface area contributed by atoms with Gasteiger partial charge in [-0.2, -0.15) is 4.98 Å². The third-order valence-corrected chi connectivity index (χ3v) is 2.70. The van der Waals surface area contributed by atoms with Crippen molar-refractivity contribution in [1.29, 1.82) is 0 Å². The molecular weight excluding hydrogens is 195 g/mol. The van der Waals surface area contributed by atoms with E-state index in [-0.39, 0.29) is 5.95 Å². The summed E-state index contributed by atoms with van der Waals surface area (Å²) in [6.07, 6.45) is 3.40. The van der Waals surface area contributed by atoms with Crippen LogP contribution in [0.3, 0.4) is 0 Å². The first-order chi connectivity index (χ1) is 7.16. The van der Waals surface area contributed by atoms with Gasteiger partial charge in [0.2, 0.25) is 5.95 Å². The van der Waals surface area contributed by atoms with E-state index in [9.17, 15) is 4.39 Å². The summed E-state index contributed by atoms with van der Waals surface area (Å²) in [4.78, 5) is 9.51. The predicted octanol–water partition coefficient (Wildman–Crippen LogP) is 1.43. The van der Waals surface area contributed by atoms with Crippen LogP contribution in [0, 0.1) is 11.7 Å². The molecule has 1 saturated heterocycles. The van der Waals surface area contributed by atoms with Crippen LogP contribution < -0.4 is 10.6 Å². The highest BCUT2D eigenvalue weighted by Gasteiger charge is 2.20. The van der Waals surface area contributed by atoms with Gasteiger partial charge in [0.05, 0.1) is 6.20 Å². The lowest BCUT2D eigenvalue weighted by Crippen LogP contribution is -2.35. The molecule has 0 radical (unpaired) electrons. The van der Waals surface area contributed by atoms with Gasteiger partial charge in [-0.05, 0) is 18.8 Å². The van der Waals surface area contributed by atoms with Gasteiger partial charge >= 0.3 is 0 Å². The molecule has 1 aliphatic heterocycles. The van der Waals surface area contributed by atoms with Crippen LogP contribution in [0.5, 0.6) is 0 Å². The second-order valence-corrected chi connectivity index (χ2v) is 4.09. The molecular formula is C10H15FN4. The molecule has 1 aliphatic rings. The Labute approximate surface area is 88.3 Å². The minimum atomic E-state index is -0.390. The van der Waals surface area contributed by atoms with Crippen molar-refractivity contribution < 1.29 is 4.39 Å². The summed E-state index contributed by atoms with van der Waals surface area (Å²) in [6, 6.07) is 0. The van der Waals surface area contributed by atoms with E-state index >= 15 is 0 Å². The number of nitrogen functional groups attached to an aromatic ring is 1. The number of aromatic nitrogens is 2. The van der Waals surface area contributed by atoms with Gasteiger partial charge in [-0.1, -0.05) is 6.92 Å². The fraction of sp³-hybridized carbons (Fsp3) is 0.600. The second kappa shape index (κ2) is 4.00. The molecule has 15 heavy (non-hydrogen) atoms. The van der Waals surface area contributed by atoms with Crippen LogP contribution in [0.1, 0.15) is 19.8 Å². The molecule has 0 bridgehead atoms. The summed E-state index contributed by atoms with van der Waals surface area (Å²) in [7, 11) is 0. The SMILES string of the molecule is CC1CCCN(c2nc(N)ncc2F)C1. The molecule has 1 aromatic heterocycles. The summed E-state index contributed by atoms with van der Waals surface area (Å²) < 4.78 is 13.5.